The maximum Gasteiger partial charge on any atom is 0.160 e. The van der Waals surface area contributed by atoms with Gasteiger partial charge in [-0.3, -0.25) is 0 Å². The van der Waals surface area contributed by atoms with E-state index in [0.29, 0.717) is 0 Å². The summed E-state index contributed by atoms with van der Waals surface area (Å²) in [4.78, 5) is 10.0. The van der Waals surface area contributed by atoms with Crippen molar-refractivity contribution < 1.29 is 4.42 Å². The maximum atomic E-state index is 6.49. The SMILES string of the molecule is CC1(C)c2cc(-c3cc(-c4ccccc4)nc(-c4ccccc4)n3)ccc2-c2ccc3c(oc4ccccc43)c21. The Morgan fingerprint density at radius 1 is 0.550 bits per heavy atom. The maximum absolute atomic E-state index is 6.49. The molecule has 8 rings (SSSR count). The summed E-state index contributed by atoms with van der Waals surface area (Å²) >= 11 is 0. The number of furan rings is 1. The molecule has 0 radical (unpaired) electrons. The lowest BCUT2D eigenvalue weighted by Crippen LogP contribution is -2.15. The second kappa shape index (κ2) is 8.49. The van der Waals surface area contributed by atoms with Crippen molar-refractivity contribution in [3.8, 4) is 45.0 Å². The smallest absolute Gasteiger partial charge is 0.160 e. The number of aromatic nitrogens is 2. The number of fused-ring (bicyclic) bond motifs is 7. The fraction of sp³-hybridized carbons (Fsp3) is 0.0811. The Hall–Kier alpha value is -5.02. The third-order valence-corrected chi connectivity index (χ3v) is 8.28. The summed E-state index contributed by atoms with van der Waals surface area (Å²) in [5.41, 5.74) is 11.7. The molecule has 0 N–H and O–H groups in total. The van der Waals surface area contributed by atoms with Crippen LogP contribution < -0.4 is 0 Å². The number of hydrogen-bond acceptors (Lipinski definition) is 3. The first-order valence-corrected chi connectivity index (χ1v) is 13.7. The van der Waals surface area contributed by atoms with Crippen LogP contribution in [0.5, 0.6) is 0 Å². The highest BCUT2D eigenvalue weighted by molar-refractivity contribution is 6.09. The normalized spacial score (nSPS) is 13.4. The Bertz CT molecular complexity index is 2010. The van der Waals surface area contributed by atoms with Gasteiger partial charge in [0.1, 0.15) is 11.2 Å². The predicted octanol–water partition coefficient (Wildman–Crippen LogP) is 9.68. The molecule has 0 unspecified atom stereocenters. The standard InChI is InChI=1S/C37H26N2O/c1-37(2)30-21-25(17-18-26(30)28-19-20-29-27-15-9-10-16-33(27)40-35(29)34(28)37)32-22-31(23-11-5-3-6-12-23)38-36(39-32)24-13-7-4-8-14-24/h3-22H,1-2H3. The van der Waals surface area contributed by atoms with E-state index in [9.17, 15) is 0 Å². The van der Waals surface area contributed by atoms with Crippen molar-refractivity contribution in [2.75, 3.05) is 0 Å². The van der Waals surface area contributed by atoms with Gasteiger partial charge >= 0.3 is 0 Å². The van der Waals surface area contributed by atoms with E-state index in [1.807, 2.05) is 42.5 Å². The average Bonchev–Trinajstić information content (AvgIpc) is 3.50. The van der Waals surface area contributed by atoms with Crippen LogP contribution in [-0.2, 0) is 5.41 Å². The van der Waals surface area contributed by atoms with Crippen molar-refractivity contribution in [2.45, 2.75) is 19.3 Å². The summed E-state index contributed by atoms with van der Waals surface area (Å²) in [6.07, 6.45) is 0. The molecule has 2 heterocycles. The van der Waals surface area contributed by atoms with Crippen LogP contribution in [0.3, 0.4) is 0 Å². The molecule has 1 aliphatic carbocycles. The van der Waals surface area contributed by atoms with Crippen LogP contribution in [0.1, 0.15) is 25.0 Å². The van der Waals surface area contributed by atoms with Gasteiger partial charge in [0.05, 0.1) is 11.4 Å². The molecule has 0 atom stereocenters. The molecule has 3 heteroatoms. The second-order valence-electron chi connectivity index (χ2n) is 11.0. The lowest BCUT2D eigenvalue weighted by molar-refractivity contribution is 0.620. The van der Waals surface area contributed by atoms with Crippen molar-refractivity contribution >= 4 is 21.9 Å². The molecule has 40 heavy (non-hydrogen) atoms. The molecular formula is C37H26N2O. The van der Waals surface area contributed by atoms with Gasteiger partial charge in [0, 0.05) is 38.4 Å². The van der Waals surface area contributed by atoms with E-state index in [-0.39, 0.29) is 5.41 Å². The van der Waals surface area contributed by atoms with Gasteiger partial charge in [-0.05, 0) is 41.0 Å². The molecule has 2 aromatic heterocycles. The van der Waals surface area contributed by atoms with Crippen LogP contribution >= 0.6 is 0 Å². The molecule has 0 aliphatic heterocycles. The first kappa shape index (κ1) is 22.9. The molecule has 0 saturated heterocycles. The minimum absolute atomic E-state index is 0.231. The summed E-state index contributed by atoms with van der Waals surface area (Å²) in [6, 6.07) is 42.2. The van der Waals surface area contributed by atoms with Crippen LogP contribution in [0.4, 0.5) is 0 Å². The molecular weight excluding hydrogens is 488 g/mol. The van der Waals surface area contributed by atoms with Gasteiger partial charge in [0.25, 0.3) is 0 Å². The van der Waals surface area contributed by atoms with Gasteiger partial charge in [-0.1, -0.05) is 111 Å². The van der Waals surface area contributed by atoms with Crippen molar-refractivity contribution in [1.82, 2.24) is 9.97 Å². The van der Waals surface area contributed by atoms with E-state index >= 15 is 0 Å². The summed E-state index contributed by atoms with van der Waals surface area (Å²) in [6.45, 7) is 4.61. The molecule has 5 aromatic carbocycles. The lowest BCUT2D eigenvalue weighted by Gasteiger charge is -2.22. The zero-order valence-corrected chi connectivity index (χ0v) is 22.3. The van der Waals surface area contributed by atoms with E-state index in [1.54, 1.807) is 0 Å². The molecule has 1 aliphatic rings. The van der Waals surface area contributed by atoms with Crippen LogP contribution in [0.25, 0.3) is 67.0 Å². The van der Waals surface area contributed by atoms with Crippen LogP contribution in [-0.4, -0.2) is 9.97 Å². The minimum Gasteiger partial charge on any atom is -0.456 e. The van der Waals surface area contributed by atoms with Crippen LogP contribution in [0.15, 0.2) is 126 Å². The van der Waals surface area contributed by atoms with Gasteiger partial charge < -0.3 is 4.42 Å². The van der Waals surface area contributed by atoms with E-state index in [0.717, 1.165) is 50.5 Å². The number of hydrogen-bond donors (Lipinski definition) is 0. The third kappa shape index (κ3) is 3.37. The number of rotatable bonds is 3. The average molecular weight is 515 g/mol. The predicted molar refractivity (Wildman–Crippen MR) is 163 cm³/mol. The van der Waals surface area contributed by atoms with Crippen LogP contribution in [0.2, 0.25) is 0 Å². The van der Waals surface area contributed by atoms with Crippen LogP contribution in [0, 0.1) is 0 Å². The topological polar surface area (TPSA) is 38.9 Å². The highest BCUT2D eigenvalue weighted by Crippen LogP contribution is 2.53. The summed E-state index contributed by atoms with van der Waals surface area (Å²) in [7, 11) is 0. The molecule has 0 spiro atoms. The lowest BCUT2D eigenvalue weighted by atomic mass is 9.81. The number of nitrogens with zero attached hydrogens (tertiary/aromatic N) is 2. The highest BCUT2D eigenvalue weighted by atomic mass is 16.3. The van der Waals surface area contributed by atoms with Gasteiger partial charge in [0.15, 0.2) is 5.82 Å². The second-order valence-corrected chi connectivity index (χ2v) is 11.0. The first-order chi connectivity index (χ1) is 19.6. The Balaban J connectivity index is 1.31. The summed E-state index contributed by atoms with van der Waals surface area (Å²) in [5, 5.41) is 2.34. The third-order valence-electron chi connectivity index (χ3n) is 8.28. The molecule has 3 nitrogen and oxygen atoms in total. The van der Waals surface area contributed by atoms with Gasteiger partial charge in [-0.15, -0.1) is 0 Å². The largest absolute Gasteiger partial charge is 0.456 e. The zero-order valence-electron chi connectivity index (χ0n) is 22.3. The molecule has 190 valence electrons. The molecule has 7 aromatic rings. The van der Waals surface area contributed by atoms with Gasteiger partial charge in [-0.2, -0.15) is 0 Å². The zero-order chi connectivity index (χ0) is 26.8. The Morgan fingerprint density at radius 3 is 1.98 bits per heavy atom. The van der Waals surface area contributed by atoms with E-state index in [4.69, 9.17) is 14.4 Å². The molecule has 0 saturated carbocycles. The molecule has 0 bridgehead atoms. The van der Waals surface area contributed by atoms with Crippen molar-refractivity contribution in [3.63, 3.8) is 0 Å². The summed E-state index contributed by atoms with van der Waals surface area (Å²) in [5.74, 6) is 0.726. The Labute approximate surface area is 232 Å². The summed E-state index contributed by atoms with van der Waals surface area (Å²) < 4.78 is 6.49. The molecule has 0 amide bonds. The monoisotopic (exact) mass is 514 g/mol. The Morgan fingerprint density at radius 2 is 1.20 bits per heavy atom. The van der Waals surface area contributed by atoms with Gasteiger partial charge in [0.2, 0.25) is 0 Å². The number of para-hydroxylation sites is 1. The number of benzene rings is 5. The first-order valence-electron chi connectivity index (χ1n) is 13.7. The highest BCUT2D eigenvalue weighted by Gasteiger charge is 2.38. The van der Waals surface area contributed by atoms with Gasteiger partial charge in [-0.25, -0.2) is 9.97 Å². The van der Waals surface area contributed by atoms with Crippen molar-refractivity contribution in [2.24, 2.45) is 0 Å². The molecule has 0 fully saturated rings. The fourth-order valence-corrected chi connectivity index (χ4v) is 6.29. The van der Waals surface area contributed by atoms with E-state index in [1.165, 1.54) is 27.6 Å². The minimum atomic E-state index is -0.231. The van der Waals surface area contributed by atoms with E-state index < -0.39 is 0 Å². The quantitative estimate of drug-likeness (QED) is 0.236. The van der Waals surface area contributed by atoms with E-state index in [2.05, 4.69) is 92.7 Å². The van der Waals surface area contributed by atoms with Crippen molar-refractivity contribution in [1.29, 1.82) is 0 Å². The van der Waals surface area contributed by atoms with Crippen molar-refractivity contribution in [3.05, 3.63) is 132 Å². The fourth-order valence-electron chi connectivity index (χ4n) is 6.29. The Kier molecular flexibility index (Phi) is 4.86.